The second-order valence-corrected chi connectivity index (χ2v) is 5.05. The largest absolute Gasteiger partial charge is 0.478 e. The van der Waals surface area contributed by atoms with E-state index in [0.29, 0.717) is 0 Å². The van der Waals surface area contributed by atoms with Crippen molar-refractivity contribution in [3.63, 3.8) is 0 Å². The Labute approximate surface area is 110 Å². The lowest BCUT2D eigenvalue weighted by molar-refractivity contribution is 0.0635. The zero-order valence-corrected chi connectivity index (χ0v) is 11.2. The summed E-state index contributed by atoms with van der Waals surface area (Å²) >= 11 is 0. The third-order valence-electron chi connectivity index (χ3n) is 2.19. The number of halogens is 1. The molecule has 0 aromatic heterocycles. The van der Waals surface area contributed by atoms with Crippen LogP contribution in [0.2, 0.25) is 0 Å². The van der Waals surface area contributed by atoms with Gasteiger partial charge in [-0.2, -0.15) is 0 Å². The Morgan fingerprint density at radius 1 is 1.32 bits per heavy atom. The number of amides is 1. The van der Waals surface area contributed by atoms with E-state index in [1.165, 1.54) is 19.1 Å². The van der Waals surface area contributed by atoms with Gasteiger partial charge in [0.2, 0.25) is 0 Å². The molecule has 1 aromatic rings. The van der Waals surface area contributed by atoms with E-state index in [-0.39, 0.29) is 16.8 Å². The summed E-state index contributed by atoms with van der Waals surface area (Å²) in [5.74, 6) is -2.12. The van der Waals surface area contributed by atoms with Crippen molar-refractivity contribution < 1.29 is 23.8 Å². The number of ether oxygens (including phenoxy) is 1. The van der Waals surface area contributed by atoms with Crippen LogP contribution < -0.4 is 5.32 Å². The smallest absolute Gasteiger partial charge is 0.412 e. The van der Waals surface area contributed by atoms with Crippen LogP contribution in [-0.2, 0) is 4.74 Å². The lowest BCUT2D eigenvalue weighted by atomic mass is 10.1. The molecule has 0 bridgehead atoms. The van der Waals surface area contributed by atoms with Crippen LogP contribution in [0.1, 0.15) is 36.7 Å². The molecule has 0 fully saturated rings. The Bertz CT molecular complexity index is 520. The molecule has 0 heterocycles. The molecule has 19 heavy (non-hydrogen) atoms. The summed E-state index contributed by atoms with van der Waals surface area (Å²) < 4.78 is 18.8. The van der Waals surface area contributed by atoms with E-state index in [0.717, 1.165) is 0 Å². The molecule has 0 aliphatic carbocycles. The summed E-state index contributed by atoms with van der Waals surface area (Å²) in [4.78, 5) is 22.6. The Morgan fingerprint density at radius 3 is 2.37 bits per heavy atom. The number of anilines is 1. The maximum Gasteiger partial charge on any atom is 0.412 e. The quantitative estimate of drug-likeness (QED) is 0.864. The fourth-order valence-corrected chi connectivity index (χ4v) is 1.39. The van der Waals surface area contributed by atoms with Gasteiger partial charge >= 0.3 is 12.1 Å². The molecule has 0 saturated heterocycles. The molecule has 5 nitrogen and oxygen atoms in total. The first-order valence-electron chi connectivity index (χ1n) is 5.64. The summed E-state index contributed by atoms with van der Waals surface area (Å²) in [5.41, 5.74) is -1.24. The Kier molecular flexibility index (Phi) is 4.14. The highest BCUT2D eigenvalue weighted by Gasteiger charge is 2.22. The molecule has 6 heteroatoms. The van der Waals surface area contributed by atoms with Gasteiger partial charge in [-0.15, -0.1) is 0 Å². The van der Waals surface area contributed by atoms with E-state index < -0.39 is 23.5 Å². The number of aryl methyl sites for hydroxylation is 1. The molecule has 0 aliphatic heterocycles. The topological polar surface area (TPSA) is 75.6 Å². The number of nitrogens with one attached hydrogen (secondary N) is 1. The molecule has 0 spiro atoms. The van der Waals surface area contributed by atoms with Crippen molar-refractivity contribution in [1.29, 1.82) is 0 Å². The first kappa shape index (κ1) is 14.9. The van der Waals surface area contributed by atoms with Gasteiger partial charge in [-0.3, -0.25) is 5.32 Å². The van der Waals surface area contributed by atoms with Crippen LogP contribution in [0.15, 0.2) is 12.1 Å². The molecule has 0 aliphatic rings. The minimum absolute atomic E-state index is 0.232. The fourth-order valence-electron chi connectivity index (χ4n) is 1.39. The minimum Gasteiger partial charge on any atom is -0.478 e. The number of hydrogen-bond donors (Lipinski definition) is 2. The standard InChI is InChI=1S/C13H16FNO4/c1-7-5-6-8(11(16)17)10(9(7)14)15-12(18)19-13(2,3)4/h5-6H,1-4H3,(H,15,18)(H,16,17). The van der Waals surface area contributed by atoms with Gasteiger partial charge in [0, 0.05) is 0 Å². The highest BCUT2D eigenvalue weighted by molar-refractivity contribution is 5.99. The molecule has 2 N–H and O–H groups in total. The lowest BCUT2D eigenvalue weighted by Gasteiger charge is -2.20. The van der Waals surface area contributed by atoms with Gasteiger partial charge in [0.05, 0.1) is 11.3 Å². The zero-order valence-electron chi connectivity index (χ0n) is 11.2. The van der Waals surface area contributed by atoms with Crippen LogP contribution in [-0.4, -0.2) is 22.8 Å². The number of carboxylic acid groups (broad SMARTS) is 1. The van der Waals surface area contributed by atoms with Crippen LogP contribution in [0.3, 0.4) is 0 Å². The number of aromatic carboxylic acids is 1. The molecule has 0 saturated carbocycles. The summed E-state index contributed by atoms with van der Waals surface area (Å²) in [5, 5.41) is 11.1. The van der Waals surface area contributed by atoms with Gasteiger partial charge in [-0.05, 0) is 39.3 Å². The Morgan fingerprint density at radius 2 is 1.89 bits per heavy atom. The third-order valence-corrected chi connectivity index (χ3v) is 2.19. The van der Waals surface area contributed by atoms with Crippen LogP contribution in [0.25, 0.3) is 0 Å². The number of carbonyl (C=O) groups is 2. The number of carboxylic acids is 1. The van der Waals surface area contributed by atoms with Crippen LogP contribution in [0.5, 0.6) is 0 Å². The normalized spacial score (nSPS) is 11.0. The molecule has 104 valence electrons. The van der Waals surface area contributed by atoms with E-state index in [9.17, 15) is 14.0 Å². The van der Waals surface area contributed by atoms with Crippen LogP contribution in [0, 0.1) is 12.7 Å². The van der Waals surface area contributed by atoms with Crippen LogP contribution >= 0.6 is 0 Å². The molecular weight excluding hydrogens is 253 g/mol. The van der Waals surface area contributed by atoms with Crippen molar-refractivity contribution in [1.82, 2.24) is 0 Å². The Balaban J connectivity index is 3.09. The second-order valence-electron chi connectivity index (χ2n) is 5.05. The molecule has 0 radical (unpaired) electrons. The molecule has 1 amide bonds. The van der Waals surface area contributed by atoms with Crippen molar-refractivity contribution >= 4 is 17.7 Å². The van der Waals surface area contributed by atoms with E-state index >= 15 is 0 Å². The first-order valence-corrected chi connectivity index (χ1v) is 5.64. The maximum absolute atomic E-state index is 13.9. The van der Waals surface area contributed by atoms with Crippen molar-refractivity contribution in [2.75, 3.05) is 5.32 Å². The van der Waals surface area contributed by atoms with Crippen molar-refractivity contribution in [3.8, 4) is 0 Å². The number of rotatable bonds is 2. The van der Waals surface area contributed by atoms with E-state index in [2.05, 4.69) is 5.32 Å². The molecule has 0 atom stereocenters. The van der Waals surface area contributed by atoms with E-state index in [1.807, 2.05) is 0 Å². The van der Waals surface area contributed by atoms with E-state index in [1.54, 1.807) is 20.8 Å². The summed E-state index contributed by atoms with van der Waals surface area (Å²) in [6, 6.07) is 2.56. The molecule has 1 rings (SSSR count). The van der Waals surface area contributed by atoms with Crippen molar-refractivity contribution in [3.05, 3.63) is 29.1 Å². The van der Waals surface area contributed by atoms with Crippen molar-refractivity contribution in [2.24, 2.45) is 0 Å². The SMILES string of the molecule is Cc1ccc(C(=O)O)c(NC(=O)OC(C)(C)C)c1F. The van der Waals surface area contributed by atoms with Gasteiger partial charge in [-0.1, -0.05) is 6.07 Å². The highest BCUT2D eigenvalue weighted by atomic mass is 19.1. The number of benzene rings is 1. The highest BCUT2D eigenvalue weighted by Crippen LogP contribution is 2.24. The average molecular weight is 269 g/mol. The number of hydrogen-bond acceptors (Lipinski definition) is 3. The summed E-state index contributed by atoms with van der Waals surface area (Å²) in [6.07, 6.45) is -0.903. The number of carbonyl (C=O) groups excluding carboxylic acids is 1. The molecule has 1 aromatic carbocycles. The van der Waals surface area contributed by atoms with Gasteiger partial charge in [0.1, 0.15) is 5.60 Å². The minimum atomic E-state index is -1.33. The third kappa shape index (κ3) is 3.94. The Hall–Kier alpha value is -2.11. The maximum atomic E-state index is 13.9. The van der Waals surface area contributed by atoms with Gasteiger partial charge in [0.25, 0.3) is 0 Å². The summed E-state index contributed by atoms with van der Waals surface area (Å²) in [6.45, 7) is 6.42. The van der Waals surface area contributed by atoms with Gasteiger partial charge in [-0.25, -0.2) is 14.0 Å². The predicted octanol–water partition coefficient (Wildman–Crippen LogP) is 3.18. The predicted molar refractivity (Wildman–Crippen MR) is 68.0 cm³/mol. The van der Waals surface area contributed by atoms with E-state index in [4.69, 9.17) is 9.84 Å². The zero-order chi connectivity index (χ0) is 14.8. The van der Waals surface area contributed by atoms with Gasteiger partial charge in [0.15, 0.2) is 5.82 Å². The fraction of sp³-hybridized carbons (Fsp3) is 0.385. The monoisotopic (exact) mass is 269 g/mol. The summed E-state index contributed by atoms with van der Waals surface area (Å²) in [7, 11) is 0. The van der Waals surface area contributed by atoms with Crippen molar-refractivity contribution in [2.45, 2.75) is 33.3 Å². The first-order chi connectivity index (χ1) is 8.61. The molecule has 0 unspecified atom stereocenters. The average Bonchev–Trinajstić information content (AvgIpc) is 2.21. The molecular formula is C13H16FNO4. The van der Waals surface area contributed by atoms with Crippen LogP contribution in [0.4, 0.5) is 14.9 Å². The lowest BCUT2D eigenvalue weighted by Crippen LogP contribution is -2.28. The second kappa shape index (κ2) is 5.26. The van der Waals surface area contributed by atoms with Gasteiger partial charge < -0.3 is 9.84 Å².